The molecule has 1 aromatic rings. The van der Waals surface area contributed by atoms with Crippen molar-refractivity contribution in [3.05, 3.63) is 16.1 Å². The van der Waals surface area contributed by atoms with E-state index in [-0.39, 0.29) is 12.1 Å². The summed E-state index contributed by atoms with van der Waals surface area (Å²) in [4.78, 5) is 25.2. The molecular weight excluding hydrogens is 400 g/mol. The standard InChI is InChI=1S/C21H36N6O2S/c1-15-24-18(14-30-15)11-26-8-6-16(7-9-26)10-23-19(22-5)25-17-12-27(13-17)20(28)29-21(2,3)4/h14,16-17H,6-13H2,1-5H3,(H2,22,23,25). The van der Waals surface area contributed by atoms with E-state index in [0.717, 1.165) is 37.1 Å². The highest BCUT2D eigenvalue weighted by molar-refractivity contribution is 7.09. The van der Waals surface area contributed by atoms with Crippen molar-refractivity contribution in [2.45, 2.75) is 58.7 Å². The number of carbonyl (C=O) groups excluding carboxylic acids is 1. The van der Waals surface area contributed by atoms with Crippen LogP contribution in [0.2, 0.25) is 0 Å². The first-order chi connectivity index (χ1) is 14.2. The van der Waals surface area contributed by atoms with E-state index in [9.17, 15) is 4.79 Å². The highest BCUT2D eigenvalue weighted by atomic mass is 32.1. The number of carbonyl (C=O) groups is 1. The first-order valence-electron chi connectivity index (χ1n) is 10.8. The highest BCUT2D eigenvalue weighted by Gasteiger charge is 2.34. The molecule has 2 aliphatic heterocycles. The Hall–Kier alpha value is -1.87. The van der Waals surface area contributed by atoms with Crippen molar-refractivity contribution in [3.63, 3.8) is 0 Å². The Kier molecular flexibility index (Phi) is 7.57. The summed E-state index contributed by atoms with van der Waals surface area (Å²) in [6, 6.07) is 0.215. The molecule has 3 heterocycles. The predicted molar refractivity (Wildman–Crippen MR) is 121 cm³/mol. The number of guanidine groups is 1. The fourth-order valence-corrected chi connectivity index (χ4v) is 4.34. The largest absolute Gasteiger partial charge is 0.444 e. The Morgan fingerprint density at radius 1 is 1.33 bits per heavy atom. The smallest absolute Gasteiger partial charge is 0.410 e. The van der Waals surface area contributed by atoms with Gasteiger partial charge in [0, 0.05) is 38.6 Å². The summed E-state index contributed by atoms with van der Waals surface area (Å²) < 4.78 is 5.40. The van der Waals surface area contributed by atoms with Crippen LogP contribution in [0, 0.1) is 12.8 Å². The predicted octanol–water partition coefficient (Wildman–Crippen LogP) is 2.45. The van der Waals surface area contributed by atoms with E-state index in [1.165, 1.54) is 18.5 Å². The van der Waals surface area contributed by atoms with E-state index in [4.69, 9.17) is 4.74 Å². The molecule has 30 heavy (non-hydrogen) atoms. The number of aromatic nitrogens is 1. The third-order valence-corrected chi connectivity index (χ3v) is 6.24. The molecule has 2 saturated heterocycles. The van der Waals surface area contributed by atoms with Crippen LogP contribution in [0.25, 0.3) is 0 Å². The van der Waals surface area contributed by atoms with Crippen LogP contribution in [0.3, 0.4) is 0 Å². The van der Waals surface area contributed by atoms with E-state index < -0.39 is 5.60 Å². The van der Waals surface area contributed by atoms with Crippen molar-refractivity contribution < 1.29 is 9.53 Å². The van der Waals surface area contributed by atoms with Crippen LogP contribution in [-0.2, 0) is 11.3 Å². The van der Waals surface area contributed by atoms with E-state index in [0.29, 0.717) is 19.0 Å². The topological polar surface area (TPSA) is 82.1 Å². The normalized spacial score (nSPS) is 19.5. The maximum Gasteiger partial charge on any atom is 0.410 e. The molecule has 0 aliphatic carbocycles. The third-order valence-electron chi connectivity index (χ3n) is 5.42. The van der Waals surface area contributed by atoms with Crippen LogP contribution in [0.5, 0.6) is 0 Å². The fourth-order valence-electron chi connectivity index (χ4n) is 3.73. The van der Waals surface area contributed by atoms with Crippen molar-refractivity contribution >= 4 is 23.4 Å². The van der Waals surface area contributed by atoms with Gasteiger partial charge in [-0.05, 0) is 59.5 Å². The molecule has 0 aromatic carbocycles. The van der Waals surface area contributed by atoms with Gasteiger partial charge in [0.2, 0.25) is 0 Å². The van der Waals surface area contributed by atoms with Crippen molar-refractivity contribution in [3.8, 4) is 0 Å². The summed E-state index contributed by atoms with van der Waals surface area (Å²) in [5.41, 5.74) is 0.738. The Balaban J connectivity index is 1.31. The first kappa shape index (κ1) is 22.8. The van der Waals surface area contributed by atoms with Gasteiger partial charge in [0.05, 0.1) is 16.7 Å². The quantitative estimate of drug-likeness (QED) is 0.545. The van der Waals surface area contributed by atoms with Crippen molar-refractivity contribution in [2.75, 3.05) is 39.8 Å². The maximum atomic E-state index is 12.0. The van der Waals surface area contributed by atoms with Gasteiger partial charge in [0.25, 0.3) is 0 Å². The maximum absolute atomic E-state index is 12.0. The summed E-state index contributed by atoms with van der Waals surface area (Å²) in [7, 11) is 1.79. The molecule has 0 spiro atoms. The minimum Gasteiger partial charge on any atom is -0.444 e. The van der Waals surface area contributed by atoms with Crippen molar-refractivity contribution in [1.29, 1.82) is 0 Å². The molecule has 168 valence electrons. The Morgan fingerprint density at radius 2 is 2.03 bits per heavy atom. The van der Waals surface area contributed by atoms with Gasteiger partial charge in [0.15, 0.2) is 5.96 Å². The van der Waals surface area contributed by atoms with Gasteiger partial charge in [-0.2, -0.15) is 0 Å². The van der Waals surface area contributed by atoms with Crippen LogP contribution < -0.4 is 10.6 Å². The average molecular weight is 437 g/mol. The van der Waals surface area contributed by atoms with Gasteiger partial charge in [-0.15, -0.1) is 11.3 Å². The second-order valence-electron chi connectivity index (χ2n) is 9.26. The van der Waals surface area contributed by atoms with Gasteiger partial charge in [-0.25, -0.2) is 9.78 Å². The Bertz CT molecular complexity index is 730. The van der Waals surface area contributed by atoms with Crippen LogP contribution in [0.1, 0.15) is 44.3 Å². The molecule has 0 unspecified atom stereocenters. The number of aliphatic imine (C=N–C) groups is 1. The van der Waals surface area contributed by atoms with Crippen LogP contribution in [0.15, 0.2) is 10.4 Å². The average Bonchev–Trinajstić information content (AvgIpc) is 3.04. The Labute approximate surface area is 184 Å². The van der Waals surface area contributed by atoms with Crippen LogP contribution in [0.4, 0.5) is 4.79 Å². The number of amides is 1. The monoisotopic (exact) mass is 436 g/mol. The molecule has 9 heteroatoms. The van der Waals surface area contributed by atoms with E-state index >= 15 is 0 Å². The Morgan fingerprint density at radius 3 is 2.60 bits per heavy atom. The van der Waals surface area contributed by atoms with Crippen LogP contribution >= 0.6 is 11.3 Å². The molecule has 0 radical (unpaired) electrons. The molecule has 0 atom stereocenters. The molecule has 2 fully saturated rings. The summed E-state index contributed by atoms with van der Waals surface area (Å²) in [6.07, 6.45) is 2.12. The molecule has 1 amide bonds. The number of hydrogen-bond donors (Lipinski definition) is 2. The number of thiazole rings is 1. The number of ether oxygens (including phenoxy) is 1. The van der Waals surface area contributed by atoms with Gasteiger partial charge in [-0.3, -0.25) is 9.89 Å². The molecular formula is C21H36N6O2S. The number of hydrogen-bond acceptors (Lipinski definition) is 6. The van der Waals surface area contributed by atoms with Gasteiger partial charge in [0.1, 0.15) is 5.60 Å². The molecule has 0 bridgehead atoms. The molecule has 3 rings (SSSR count). The zero-order valence-electron chi connectivity index (χ0n) is 18.9. The number of piperidine rings is 1. The van der Waals surface area contributed by atoms with E-state index in [1.54, 1.807) is 23.3 Å². The fraction of sp³-hybridized carbons (Fsp3) is 0.762. The van der Waals surface area contributed by atoms with E-state index in [1.807, 2.05) is 20.8 Å². The minimum absolute atomic E-state index is 0.215. The van der Waals surface area contributed by atoms with Gasteiger partial charge >= 0.3 is 6.09 Å². The summed E-state index contributed by atoms with van der Waals surface area (Å²) >= 11 is 1.73. The van der Waals surface area contributed by atoms with Crippen LogP contribution in [-0.4, -0.2) is 78.3 Å². The molecule has 8 nitrogen and oxygen atoms in total. The van der Waals surface area contributed by atoms with E-state index in [2.05, 4.69) is 37.8 Å². The minimum atomic E-state index is -0.456. The number of nitrogens with zero attached hydrogens (tertiary/aromatic N) is 4. The number of rotatable bonds is 5. The second kappa shape index (κ2) is 9.96. The number of likely N-dealkylation sites (tertiary alicyclic amines) is 2. The number of nitrogens with one attached hydrogen (secondary N) is 2. The summed E-state index contributed by atoms with van der Waals surface area (Å²) in [6.45, 7) is 13.1. The van der Waals surface area contributed by atoms with Crippen molar-refractivity contribution in [1.82, 2.24) is 25.4 Å². The molecule has 1 aromatic heterocycles. The summed E-state index contributed by atoms with van der Waals surface area (Å²) in [5, 5.41) is 10.2. The zero-order chi connectivity index (χ0) is 21.7. The lowest BCUT2D eigenvalue weighted by Crippen LogP contribution is -2.63. The molecule has 2 N–H and O–H groups in total. The number of aryl methyl sites for hydroxylation is 1. The third kappa shape index (κ3) is 6.84. The second-order valence-corrected chi connectivity index (χ2v) is 10.3. The van der Waals surface area contributed by atoms with Gasteiger partial charge < -0.3 is 20.3 Å². The van der Waals surface area contributed by atoms with Gasteiger partial charge in [-0.1, -0.05) is 0 Å². The lowest BCUT2D eigenvalue weighted by molar-refractivity contribution is 0.00700. The first-order valence-corrected chi connectivity index (χ1v) is 11.7. The lowest BCUT2D eigenvalue weighted by atomic mass is 9.97. The summed E-state index contributed by atoms with van der Waals surface area (Å²) in [5.74, 6) is 1.46. The highest BCUT2D eigenvalue weighted by Crippen LogP contribution is 2.19. The molecule has 0 saturated carbocycles. The zero-order valence-corrected chi connectivity index (χ0v) is 19.7. The van der Waals surface area contributed by atoms with Crippen molar-refractivity contribution in [2.24, 2.45) is 10.9 Å². The SMILES string of the molecule is CN=C(NCC1CCN(Cc2csc(C)n2)CC1)NC1CN(C(=O)OC(C)(C)C)C1. The molecule has 2 aliphatic rings. The lowest BCUT2D eigenvalue weighted by Gasteiger charge is -2.40.